The molecule has 0 saturated carbocycles. The number of nitrogens with one attached hydrogen (secondary N) is 1. The Hall–Kier alpha value is -2.14. The number of H-pyrrole nitrogens is 1. The summed E-state index contributed by atoms with van der Waals surface area (Å²) >= 11 is 0. The van der Waals surface area contributed by atoms with Crippen molar-refractivity contribution in [2.24, 2.45) is 5.73 Å². The van der Waals surface area contributed by atoms with Crippen LogP contribution in [-0.4, -0.2) is 15.1 Å². The van der Waals surface area contributed by atoms with Crippen LogP contribution in [0.1, 0.15) is 23.3 Å². The molecule has 3 aromatic rings. The molecule has 0 unspecified atom stereocenters. The molecule has 1 atom stereocenters. The van der Waals surface area contributed by atoms with Crippen LogP contribution in [0.15, 0.2) is 35.0 Å². The van der Waals surface area contributed by atoms with Gasteiger partial charge in [0.1, 0.15) is 0 Å². The van der Waals surface area contributed by atoms with E-state index in [0.29, 0.717) is 18.1 Å². The van der Waals surface area contributed by atoms with Crippen LogP contribution in [0.3, 0.4) is 0 Å². The molecule has 0 fully saturated rings. The molecular formula is C13H14N4O. The van der Waals surface area contributed by atoms with E-state index in [9.17, 15) is 0 Å². The zero-order chi connectivity index (χ0) is 12.5. The number of hydrogen-bond donors (Lipinski definition) is 2. The number of nitrogens with zero attached hydrogens (tertiary/aromatic N) is 2. The van der Waals surface area contributed by atoms with Crippen molar-refractivity contribution in [2.75, 3.05) is 0 Å². The van der Waals surface area contributed by atoms with Crippen molar-refractivity contribution in [2.45, 2.75) is 19.4 Å². The fourth-order valence-electron chi connectivity index (χ4n) is 2.09. The highest BCUT2D eigenvalue weighted by molar-refractivity contribution is 5.83. The summed E-state index contributed by atoms with van der Waals surface area (Å²) < 4.78 is 5.09. The molecule has 0 bridgehead atoms. The molecular weight excluding hydrogens is 228 g/mol. The molecule has 92 valence electrons. The standard InChI is InChI=1S/C13H14N4O/c1-8-16-13(18-17-8)11(14)6-9-7-15-12-5-3-2-4-10(9)12/h2-5,7,11,15H,6,14H2,1H3/t11-/m0/s1. The maximum Gasteiger partial charge on any atom is 0.243 e. The van der Waals surface area contributed by atoms with E-state index in [1.165, 1.54) is 5.39 Å². The highest BCUT2D eigenvalue weighted by atomic mass is 16.5. The minimum Gasteiger partial charge on any atom is -0.361 e. The summed E-state index contributed by atoms with van der Waals surface area (Å²) in [4.78, 5) is 7.39. The van der Waals surface area contributed by atoms with Gasteiger partial charge in [-0.05, 0) is 25.0 Å². The Kier molecular flexibility index (Phi) is 2.60. The van der Waals surface area contributed by atoms with Gasteiger partial charge in [0.2, 0.25) is 5.89 Å². The van der Waals surface area contributed by atoms with Gasteiger partial charge in [0, 0.05) is 17.1 Å². The first kappa shape index (κ1) is 11.0. The van der Waals surface area contributed by atoms with Crippen molar-refractivity contribution >= 4 is 10.9 Å². The van der Waals surface area contributed by atoms with E-state index in [0.717, 1.165) is 11.1 Å². The second kappa shape index (κ2) is 4.27. The van der Waals surface area contributed by atoms with Gasteiger partial charge in [0.15, 0.2) is 5.82 Å². The maximum atomic E-state index is 6.08. The molecule has 5 heteroatoms. The Morgan fingerprint density at radius 3 is 3.00 bits per heavy atom. The third kappa shape index (κ3) is 1.89. The van der Waals surface area contributed by atoms with Crippen molar-refractivity contribution in [3.8, 4) is 0 Å². The monoisotopic (exact) mass is 242 g/mol. The molecule has 0 aliphatic rings. The lowest BCUT2D eigenvalue weighted by atomic mass is 10.1. The Balaban J connectivity index is 1.88. The van der Waals surface area contributed by atoms with E-state index in [-0.39, 0.29) is 6.04 Å². The normalized spacial score (nSPS) is 13.0. The number of benzene rings is 1. The minimum atomic E-state index is -0.273. The van der Waals surface area contributed by atoms with E-state index in [4.69, 9.17) is 10.3 Å². The van der Waals surface area contributed by atoms with Gasteiger partial charge >= 0.3 is 0 Å². The van der Waals surface area contributed by atoms with Crippen LogP contribution in [-0.2, 0) is 6.42 Å². The van der Waals surface area contributed by atoms with Crippen LogP contribution in [0.2, 0.25) is 0 Å². The highest BCUT2D eigenvalue weighted by Gasteiger charge is 2.15. The molecule has 0 aliphatic heterocycles. The molecule has 0 saturated heterocycles. The highest BCUT2D eigenvalue weighted by Crippen LogP contribution is 2.22. The molecule has 3 rings (SSSR count). The maximum absolute atomic E-state index is 6.08. The van der Waals surface area contributed by atoms with Crippen LogP contribution in [0.25, 0.3) is 10.9 Å². The average Bonchev–Trinajstić information content (AvgIpc) is 2.97. The first-order chi connectivity index (χ1) is 8.74. The van der Waals surface area contributed by atoms with E-state index in [1.807, 2.05) is 24.4 Å². The van der Waals surface area contributed by atoms with E-state index in [1.54, 1.807) is 6.92 Å². The van der Waals surface area contributed by atoms with Gasteiger partial charge in [-0.25, -0.2) is 0 Å². The SMILES string of the molecule is Cc1noc([C@@H](N)Cc2c[nH]c3ccccc23)n1. The molecule has 2 heterocycles. The summed E-state index contributed by atoms with van der Waals surface area (Å²) in [7, 11) is 0. The first-order valence-corrected chi connectivity index (χ1v) is 5.85. The Bertz CT molecular complexity index is 670. The lowest BCUT2D eigenvalue weighted by Gasteiger charge is -2.05. The van der Waals surface area contributed by atoms with Crippen molar-refractivity contribution < 1.29 is 4.52 Å². The lowest BCUT2D eigenvalue weighted by molar-refractivity contribution is 0.351. The summed E-state index contributed by atoms with van der Waals surface area (Å²) in [5.74, 6) is 1.09. The van der Waals surface area contributed by atoms with Crippen LogP contribution in [0.4, 0.5) is 0 Å². The second-order valence-electron chi connectivity index (χ2n) is 4.35. The number of aromatic nitrogens is 3. The van der Waals surface area contributed by atoms with Gasteiger partial charge in [-0.1, -0.05) is 23.4 Å². The molecule has 0 radical (unpaired) electrons. The molecule has 0 amide bonds. The Labute approximate surface area is 104 Å². The van der Waals surface area contributed by atoms with Crippen LogP contribution < -0.4 is 5.73 Å². The summed E-state index contributed by atoms with van der Waals surface area (Å²) in [6.07, 6.45) is 2.65. The largest absolute Gasteiger partial charge is 0.361 e. The van der Waals surface area contributed by atoms with Gasteiger partial charge in [0.05, 0.1) is 6.04 Å². The third-order valence-corrected chi connectivity index (χ3v) is 2.98. The molecule has 0 aliphatic carbocycles. The van der Waals surface area contributed by atoms with Crippen molar-refractivity contribution in [1.29, 1.82) is 0 Å². The fraction of sp³-hybridized carbons (Fsp3) is 0.231. The fourth-order valence-corrected chi connectivity index (χ4v) is 2.09. The van der Waals surface area contributed by atoms with Crippen molar-refractivity contribution in [3.05, 3.63) is 47.7 Å². The number of rotatable bonds is 3. The Morgan fingerprint density at radius 2 is 2.22 bits per heavy atom. The first-order valence-electron chi connectivity index (χ1n) is 5.85. The Morgan fingerprint density at radius 1 is 1.39 bits per heavy atom. The molecule has 2 aromatic heterocycles. The van der Waals surface area contributed by atoms with Crippen molar-refractivity contribution in [3.63, 3.8) is 0 Å². The lowest BCUT2D eigenvalue weighted by Crippen LogP contribution is -2.13. The van der Waals surface area contributed by atoms with Crippen LogP contribution >= 0.6 is 0 Å². The topological polar surface area (TPSA) is 80.7 Å². The number of hydrogen-bond acceptors (Lipinski definition) is 4. The second-order valence-corrected chi connectivity index (χ2v) is 4.35. The summed E-state index contributed by atoms with van der Waals surface area (Å²) in [5.41, 5.74) is 8.35. The van der Waals surface area contributed by atoms with E-state index < -0.39 is 0 Å². The molecule has 18 heavy (non-hydrogen) atoms. The summed E-state index contributed by atoms with van der Waals surface area (Å²) in [6.45, 7) is 1.78. The molecule has 0 spiro atoms. The number of aromatic amines is 1. The zero-order valence-electron chi connectivity index (χ0n) is 10.1. The summed E-state index contributed by atoms with van der Waals surface area (Å²) in [5, 5.41) is 4.94. The average molecular weight is 242 g/mol. The van der Waals surface area contributed by atoms with Gasteiger partial charge in [-0.2, -0.15) is 4.98 Å². The number of nitrogens with two attached hydrogens (primary N) is 1. The minimum absolute atomic E-state index is 0.273. The third-order valence-electron chi connectivity index (χ3n) is 2.98. The molecule has 5 nitrogen and oxygen atoms in total. The van der Waals surface area contributed by atoms with Gasteiger partial charge in [-0.3, -0.25) is 0 Å². The van der Waals surface area contributed by atoms with Crippen LogP contribution in [0, 0.1) is 6.92 Å². The van der Waals surface area contributed by atoms with Crippen molar-refractivity contribution in [1.82, 2.24) is 15.1 Å². The predicted octanol–water partition coefficient (Wildman–Crippen LogP) is 2.10. The smallest absolute Gasteiger partial charge is 0.243 e. The van der Waals surface area contributed by atoms with Gasteiger partial charge < -0.3 is 15.2 Å². The molecule has 3 N–H and O–H groups in total. The number of fused-ring (bicyclic) bond motifs is 1. The van der Waals surface area contributed by atoms with Gasteiger partial charge in [0.25, 0.3) is 0 Å². The molecule has 1 aromatic carbocycles. The van der Waals surface area contributed by atoms with Gasteiger partial charge in [-0.15, -0.1) is 0 Å². The van der Waals surface area contributed by atoms with E-state index in [2.05, 4.69) is 21.2 Å². The zero-order valence-corrected chi connectivity index (χ0v) is 10.1. The quantitative estimate of drug-likeness (QED) is 0.737. The summed E-state index contributed by atoms with van der Waals surface area (Å²) in [6, 6.07) is 7.87. The predicted molar refractivity (Wildman–Crippen MR) is 68.0 cm³/mol. The number of para-hydroxylation sites is 1. The van der Waals surface area contributed by atoms with E-state index >= 15 is 0 Å². The number of aryl methyl sites for hydroxylation is 1. The van der Waals surface area contributed by atoms with Crippen LogP contribution in [0.5, 0.6) is 0 Å².